The summed E-state index contributed by atoms with van der Waals surface area (Å²) in [6, 6.07) is 11.2. The molecule has 5 nitrogen and oxygen atoms in total. The lowest BCUT2D eigenvalue weighted by Gasteiger charge is -2.12. The zero-order valence-corrected chi connectivity index (χ0v) is 13.1. The van der Waals surface area contributed by atoms with Crippen LogP contribution in [0.5, 0.6) is 11.5 Å². The minimum atomic E-state index is -0.215. The number of carbonyl (C=O) groups is 1. The van der Waals surface area contributed by atoms with Crippen molar-refractivity contribution in [2.75, 3.05) is 13.7 Å². The lowest BCUT2D eigenvalue weighted by Crippen LogP contribution is -2.28. The summed E-state index contributed by atoms with van der Waals surface area (Å²) in [5.74, 6) is 0.919. The maximum atomic E-state index is 11.8. The fraction of sp³-hybridized carbons (Fsp3) is 0.222. The standard InChI is InChI=1S/C18H20N2O3/c1-3-6-14-8-9-16(17(11-14)22-2)23-13-18(21)20-12-15-7-4-5-10-19-15/h3-5,7-11H,1,6,12-13H2,2H3,(H,20,21). The molecular weight excluding hydrogens is 292 g/mol. The van der Waals surface area contributed by atoms with Gasteiger partial charge < -0.3 is 14.8 Å². The second kappa shape index (κ2) is 8.58. The predicted molar refractivity (Wildman–Crippen MR) is 88.5 cm³/mol. The van der Waals surface area contributed by atoms with Crippen LogP contribution in [0.4, 0.5) is 0 Å². The topological polar surface area (TPSA) is 60.5 Å². The number of amides is 1. The molecule has 0 aliphatic carbocycles. The van der Waals surface area contributed by atoms with Crippen molar-refractivity contribution in [1.82, 2.24) is 10.3 Å². The summed E-state index contributed by atoms with van der Waals surface area (Å²) in [5.41, 5.74) is 1.87. The van der Waals surface area contributed by atoms with E-state index < -0.39 is 0 Å². The van der Waals surface area contributed by atoms with Gasteiger partial charge in [0.25, 0.3) is 5.91 Å². The predicted octanol–water partition coefficient (Wildman–Crippen LogP) is 2.51. The third kappa shape index (κ3) is 5.14. The largest absolute Gasteiger partial charge is 0.493 e. The van der Waals surface area contributed by atoms with Gasteiger partial charge >= 0.3 is 0 Å². The van der Waals surface area contributed by atoms with Gasteiger partial charge in [-0.1, -0.05) is 18.2 Å². The second-order valence-corrected chi connectivity index (χ2v) is 4.86. The second-order valence-electron chi connectivity index (χ2n) is 4.86. The summed E-state index contributed by atoms with van der Waals surface area (Å²) >= 11 is 0. The van der Waals surface area contributed by atoms with Crippen molar-refractivity contribution < 1.29 is 14.3 Å². The molecule has 1 N–H and O–H groups in total. The average Bonchev–Trinajstić information content (AvgIpc) is 2.59. The SMILES string of the molecule is C=CCc1ccc(OCC(=O)NCc2ccccn2)c(OC)c1. The Morgan fingerprint density at radius 1 is 1.30 bits per heavy atom. The molecule has 0 atom stereocenters. The van der Waals surface area contributed by atoms with Gasteiger partial charge in [-0.3, -0.25) is 9.78 Å². The van der Waals surface area contributed by atoms with Crippen LogP contribution >= 0.6 is 0 Å². The molecule has 0 bridgehead atoms. The number of hydrogen-bond acceptors (Lipinski definition) is 4. The first-order valence-electron chi connectivity index (χ1n) is 7.30. The molecule has 0 aliphatic rings. The van der Waals surface area contributed by atoms with E-state index in [1.54, 1.807) is 19.4 Å². The van der Waals surface area contributed by atoms with Gasteiger partial charge in [0.2, 0.25) is 0 Å². The molecule has 2 rings (SSSR count). The molecule has 0 saturated carbocycles. The Bertz CT molecular complexity index is 657. The third-order valence-corrected chi connectivity index (χ3v) is 3.16. The Kier molecular flexibility index (Phi) is 6.17. The Morgan fingerprint density at radius 2 is 2.17 bits per heavy atom. The van der Waals surface area contributed by atoms with Crippen molar-refractivity contribution in [1.29, 1.82) is 0 Å². The number of carbonyl (C=O) groups excluding carboxylic acids is 1. The Hall–Kier alpha value is -2.82. The summed E-state index contributed by atoms with van der Waals surface area (Å²) in [4.78, 5) is 16.0. The normalized spacial score (nSPS) is 9.96. The summed E-state index contributed by atoms with van der Waals surface area (Å²) < 4.78 is 10.8. The lowest BCUT2D eigenvalue weighted by molar-refractivity contribution is -0.123. The van der Waals surface area contributed by atoms with E-state index in [1.807, 2.05) is 36.4 Å². The van der Waals surface area contributed by atoms with Gasteiger partial charge in [-0.05, 0) is 36.2 Å². The van der Waals surface area contributed by atoms with Crippen LogP contribution in [0, 0.1) is 0 Å². The highest BCUT2D eigenvalue weighted by Crippen LogP contribution is 2.28. The van der Waals surface area contributed by atoms with Crippen molar-refractivity contribution in [3.8, 4) is 11.5 Å². The van der Waals surface area contributed by atoms with Crippen LogP contribution in [0.15, 0.2) is 55.3 Å². The maximum absolute atomic E-state index is 11.8. The number of hydrogen-bond donors (Lipinski definition) is 1. The highest BCUT2D eigenvalue weighted by atomic mass is 16.5. The van der Waals surface area contributed by atoms with Gasteiger partial charge in [-0.2, -0.15) is 0 Å². The number of rotatable bonds is 8. The Labute approximate surface area is 136 Å². The molecule has 2 aromatic rings. The lowest BCUT2D eigenvalue weighted by atomic mass is 10.1. The molecule has 1 aromatic heterocycles. The van der Waals surface area contributed by atoms with Crippen LogP contribution in [0.1, 0.15) is 11.3 Å². The van der Waals surface area contributed by atoms with E-state index in [9.17, 15) is 4.79 Å². The smallest absolute Gasteiger partial charge is 0.258 e. The molecule has 0 fully saturated rings. The molecule has 0 spiro atoms. The molecule has 0 unspecified atom stereocenters. The fourth-order valence-corrected chi connectivity index (χ4v) is 2.01. The van der Waals surface area contributed by atoms with Crippen molar-refractivity contribution in [2.24, 2.45) is 0 Å². The van der Waals surface area contributed by atoms with E-state index in [0.29, 0.717) is 18.0 Å². The molecule has 0 aliphatic heterocycles. The van der Waals surface area contributed by atoms with Crippen molar-refractivity contribution in [2.45, 2.75) is 13.0 Å². The first kappa shape index (κ1) is 16.5. The van der Waals surface area contributed by atoms with E-state index in [-0.39, 0.29) is 12.5 Å². The summed E-state index contributed by atoms with van der Waals surface area (Å²) in [5, 5.41) is 2.76. The number of aromatic nitrogens is 1. The van der Waals surface area contributed by atoms with Crippen molar-refractivity contribution in [3.63, 3.8) is 0 Å². The van der Waals surface area contributed by atoms with Gasteiger partial charge in [0.1, 0.15) is 0 Å². The molecule has 1 heterocycles. The summed E-state index contributed by atoms with van der Waals surface area (Å²) in [6.07, 6.45) is 4.26. The fourth-order valence-electron chi connectivity index (χ4n) is 2.01. The number of allylic oxidation sites excluding steroid dienone is 1. The van der Waals surface area contributed by atoms with E-state index in [1.165, 1.54) is 0 Å². The summed E-state index contributed by atoms with van der Waals surface area (Å²) in [6.45, 7) is 4.00. The van der Waals surface area contributed by atoms with Gasteiger partial charge in [0.15, 0.2) is 18.1 Å². The molecule has 1 aromatic carbocycles. The van der Waals surface area contributed by atoms with E-state index in [2.05, 4.69) is 16.9 Å². The van der Waals surface area contributed by atoms with E-state index in [0.717, 1.165) is 17.7 Å². The van der Waals surface area contributed by atoms with Crippen molar-refractivity contribution in [3.05, 3.63) is 66.5 Å². The van der Waals surface area contributed by atoms with Crippen molar-refractivity contribution >= 4 is 5.91 Å². The zero-order valence-electron chi connectivity index (χ0n) is 13.1. The van der Waals surface area contributed by atoms with Crippen LogP contribution in [0.2, 0.25) is 0 Å². The number of ether oxygens (including phenoxy) is 2. The number of nitrogens with one attached hydrogen (secondary N) is 1. The van der Waals surface area contributed by atoms with Crippen LogP contribution in [-0.4, -0.2) is 24.6 Å². The zero-order chi connectivity index (χ0) is 16.5. The summed E-state index contributed by atoms with van der Waals surface area (Å²) in [7, 11) is 1.57. The Morgan fingerprint density at radius 3 is 2.87 bits per heavy atom. The quantitative estimate of drug-likeness (QED) is 0.761. The Balaban J connectivity index is 1.87. The maximum Gasteiger partial charge on any atom is 0.258 e. The van der Waals surface area contributed by atoms with Crippen LogP contribution < -0.4 is 14.8 Å². The van der Waals surface area contributed by atoms with E-state index in [4.69, 9.17) is 9.47 Å². The van der Waals surface area contributed by atoms with Crippen LogP contribution in [-0.2, 0) is 17.8 Å². The highest BCUT2D eigenvalue weighted by Gasteiger charge is 2.08. The molecule has 23 heavy (non-hydrogen) atoms. The molecule has 1 amide bonds. The van der Waals surface area contributed by atoms with Gasteiger partial charge in [-0.25, -0.2) is 0 Å². The third-order valence-electron chi connectivity index (χ3n) is 3.16. The number of pyridine rings is 1. The molecule has 0 radical (unpaired) electrons. The minimum absolute atomic E-state index is 0.0794. The first-order chi connectivity index (χ1) is 11.2. The van der Waals surface area contributed by atoms with Gasteiger partial charge in [-0.15, -0.1) is 6.58 Å². The minimum Gasteiger partial charge on any atom is -0.493 e. The van der Waals surface area contributed by atoms with Gasteiger partial charge in [0.05, 0.1) is 19.3 Å². The van der Waals surface area contributed by atoms with Crippen LogP contribution in [0.3, 0.4) is 0 Å². The average molecular weight is 312 g/mol. The molecule has 0 saturated heterocycles. The molecular formula is C18H20N2O3. The molecule has 5 heteroatoms. The van der Waals surface area contributed by atoms with E-state index >= 15 is 0 Å². The molecule has 120 valence electrons. The number of methoxy groups -OCH3 is 1. The monoisotopic (exact) mass is 312 g/mol. The first-order valence-corrected chi connectivity index (χ1v) is 7.30. The highest BCUT2D eigenvalue weighted by molar-refractivity contribution is 5.77. The number of nitrogens with zero attached hydrogens (tertiary/aromatic N) is 1. The van der Waals surface area contributed by atoms with Crippen LogP contribution in [0.25, 0.3) is 0 Å². The number of benzene rings is 1. The van der Waals surface area contributed by atoms with Gasteiger partial charge in [0, 0.05) is 6.20 Å².